The Morgan fingerprint density at radius 2 is 1.19 bits per heavy atom. The molecular weight excluding hydrogens is 416 g/mol. The molecule has 3 aliphatic rings. The molecule has 10 nitrogen and oxygen atoms in total. The lowest BCUT2D eigenvalue weighted by atomic mass is 9.61. The topological polar surface area (TPSA) is 151 Å². The van der Waals surface area contributed by atoms with Crippen molar-refractivity contribution in [2.45, 2.75) is 12.8 Å². The molecule has 0 saturated heterocycles. The van der Waals surface area contributed by atoms with Gasteiger partial charge in [0, 0.05) is 11.4 Å². The Hall–Kier alpha value is -3.44. The zero-order chi connectivity index (χ0) is 22.8. The van der Waals surface area contributed by atoms with Crippen molar-refractivity contribution in [2.24, 2.45) is 23.7 Å². The van der Waals surface area contributed by atoms with Crippen molar-refractivity contribution >= 4 is 34.6 Å². The van der Waals surface area contributed by atoms with Gasteiger partial charge in [-0.15, -0.1) is 0 Å². The number of carbonyl (C=O) groups is 2. The Morgan fingerprint density at radius 3 is 1.53 bits per heavy atom. The van der Waals surface area contributed by atoms with Crippen LogP contribution in [0.5, 0.6) is 0 Å². The van der Waals surface area contributed by atoms with Gasteiger partial charge in [0.25, 0.3) is 0 Å². The summed E-state index contributed by atoms with van der Waals surface area (Å²) >= 11 is 0. The van der Waals surface area contributed by atoms with Crippen LogP contribution in [0.2, 0.25) is 0 Å². The third kappa shape index (κ3) is 4.43. The molecule has 1 saturated carbocycles. The molecule has 0 unspecified atom stereocenters. The summed E-state index contributed by atoms with van der Waals surface area (Å²) in [5.74, 6) is -2.20. The number of nitrogens with zero attached hydrogens (tertiary/aromatic N) is 2. The number of hydrogen-bond donors (Lipinski definition) is 4. The van der Waals surface area contributed by atoms with Crippen molar-refractivity contribution < 1.29 is 20.0 Å². The summed E-state index contributed by atoms with van der Waals surface area (Å²) in [6, 6.07) is 11.7. The molecule has 32 heavy (non-hydrogen) atoms. The first-order valence-electron chi connectivity index (χ1n) is 10.2. The zero-order valence-corrected chi connectivity index (χ0v) is 16.9. The Labute approximate surface area is 183 Å². The third-order valence-corrected chi connectivity index (χ3v) is 6.02. The van der Waals surface area contributed by atoms with E-state index in [4.69, 9.17) is 10.4 Å². The van der Waals surface area contributed by atoms with E-state index >= 15 is 0 Å². The summed E-state index contributed by atoms with van der Waals surface area (Å²) in [6.07, 6.45) is 5.49. The molecule has 5 rings (SSSR count). The summed E-state index contributed by atoms with van der Waals surface area (Å²) in [5, 5.41) is 45.4. The minimum atomic E-state index is -0.628. The highest BCUT2D eigenvalue weighted by atomic mass is 16.8. The van der Waals surface area contributed by atoms with Crippen molar-refractivity contribution in [3.05, 3.63) is 71.1 Å². The van der Waals surface area contributed by atoms with E-state index in [-0.39, 0.29) is 45.5 Å². The number of hydrogen-bond acceptors (Lipinski definition) is 8. The molecule has 10 heteroatoms. The van der Waals surface area contributed by atoms with E-state index in [1.54, 1.807) is 12.1 Å². The zero-order valence-electron chi connectivity index (χ0n) is 16.9. The summed E-state index contributed by atoms with van der Waals surface area (Å²) in [5.41, 5.74) is 0.605. The van der Waals surface area contributed by atoms with Crippen molar-refractivity contribution in [2.75, 3.05) is 21.1 Å². The quantitative estimate of drug-likeness (QED) is 0.395. The second-order valence-electron chi connectivity index (χ2n) is 7.97. The summed E-state index contributed by atoms with van der Waals surface area (Å²) in [4.78, 5) is 26.4. The molecule has 168 valence electrons. The summed E-state index contributed by atoms with van der Waals surface area (Å²) in [7, 11) is 0. The predicted molar refractivity (Wildman–Crippen MR) is 118 cm³/mol. The van der Waals surface area contributed by atoms with Gasteiger partial charge in [-0.25, -0.2) is 0 Å². The Bertz CT molecular complexity index is 959. The maximum Gasteiger partial charge on any atom is 0.228 e. The van der Waals surface area contributed by atoms with Gasteiger partial charge in [0.15, 0.2) is 0 Å². The summed E-state index contributed by atoms with van der Waals surface area (Å²) in [6.45, 7) is 0. The van der Waals surface area contributed by atoms with Gasteiger partial charge in [-0.2, -0.15) is 0 Å². The predicted octanol–water partition coefficient (Wildman–Crippen LogP) is 3.48. The van der Waals surface area contributed by atoms with Gasteiger partial charge < -0.3 is 31.5 Å². The third-order valence-electron chi connectivity index (χ3n) is 6.02. The fourth-order valence-corrected chi connectivity index (χ4v) is 4.57. The number of amides is 2. The van der Waals surface area contributed by atoms with E-state index in [2.05, 4.69) is 10.6 Å². The Morgan fingerprint density at radius 1 is 0.781 bits per heavy atom. The van der Waals surface area contributed by atoms with Gasteiger partial charge in [0.05, 0.1) is 23.2 Å². The van der Waals surface area contributed by atoms with E-state index in [1.165, 1.54) is 36.4 Å². The van der Waals surface area contributed by atoms with E-state index < -0.39 is 11.8 Å². The van der Waals surface area contributed by atoms with Crippen LogP contribution < -0.4 is 21.1 Å². The van der Waals surface area contributed by atoms with Crippen molar-refractivity contribution in [3.63, 3.8) is 0 Å². The molecular formula is C22H22N4O6-2. The van der Waals surface area contributed by atoms with Gasteiger partial charge in [-0.05, 0) is 61.1 Å². The minimum absolute atomic E-state index is 0.0293. The summed E-state index contributed by atoms with van der Waals surface area (Å²) < 4.78 is 0. The number of anilines is 4. The van der Waals surface area contributed by atoms with Crippen LogP contribution in [0.3, 0.4) is 0 Å². The second-order valence-corrected chi connectivity index (χ2v) is 7.97. The normalized spacial score (nSPS) is 23.5. The van der Waals surface area contributed by atoms with Gasteiger partial charge in [0.1, 0.15) is 0 Å². The molecule has 4 N–H and O–H groups in total. The van der Waals surface area contributed by atoms with Crippen LogP contribution in [0.15, 0.2) is 60.7 Å². The molecule has 2 aromatic carbocycles. The van der Waals surface area contributed by atoms with E-state index in [9.17, 15) is 20.0 Å². The molecule has 4 atom stereocenters. The standard InChI is InChI=1S/C22H22N4O6/c27-21(23-15-3-1-5-17(11-15)25(29)30)19-13-7-9-14(10-8-13)20(19)22(28)24-16-4-2-6-18(12-16)26(31)32/h1-7,9,11-14,19-20,29,31H,8,10H2,(H,23,27)(H,24,28)/q-2/t13-,14-,19-,20-/m1/s1. The number of carbonyl (C=O) groups excluding carboxylic acids is 2. The highest BCUT2D eigenvalue weighted by Crippen LogP contribution is 2.46. The van der Waals surface area contributed by atoms with Crippen molar-refractivity contribution in [1.29, 1.82) is 0 Å². The highest BCUT2D eigenvalue weighted by Gasteiger charge is 2.48. The first-order chi connectivity index (χ1) is 15.3. The largest absolute Gasteiger partial charge is 0.733 e. The van der Waals surface area contributed by atoms with E-state index in [0.29, 0.717) is 11.4 Å². The molecule has 3 aliphatic carbocycles. The second kappa shape index (κ2) is 8.97. The van der Waals surface area contributed by atoms with Crippen LogP contribution in [0, 0.1) is 34.1 Å². The highest BCUT2D eigenvalue weighted by molar-refractivity contribution is 6.01. The molecule has 1 fully saturated rings. The first kappa shape index (κ1) is 21.8. The van der Waals surface area contributed by atoms with E-state index in [0.717, 1.165) is 12.8 Å². The van der Waals surface area contributed by atoms with Crippen LogP contribution in [0.25, 0.3) is 0 Å². The average Bonchev–Trinajstić information content (AvgIpc) is 2.79. The molecule has 0 aliphatic heterocycles. The lowest BCUT2D eigenvalue weighted by molar-refractivity contribution is -0.134. The maximum atomic E-state index is 13.2. The average molecular weight is 438 g/mol. The Kier molecular flexibility index (Phi) is 6.10. The molecule has 0 spiro atoms. The SMILES string of the molecule is O=C(Nc1cccc(N([O-])O)c1)[C@H]1[C@H](C(=O)Nc2cccc(N([O-])O)c2)[C@@H]2C=C[C@@H]1CC2. The molecule has 2 bridgehead atoms. The minimum Gasteiger partial charge on any atom is -0.733 e. The number of nitrogens with one attached hydrogen (secondary N) is 2. The van der Waals surface area contributed by atoms with Crippen LogP contribution in [-0.2, 0) is 9.59 Å². The molecule has 0 heterocycles. The fraction of sp³-hybridized carbons (Fsp3) is 0.273. The monoisotopic (exact) mass is 438 g/mol. The van der Waals surface area contributed by atoms with Crippen molar-refractivity contribution in [1.82, 2.24) is 0 Å². The van der Waals surface area contributed by atoms with Crippen molar-refractivity contribution in [3.8, 4) is 0 Å². The number of allylic oxidation sites excluding steroid dienone is 2. The smallest absolute Gasteiger partial charge is 0.228 e. The molecule has 0 radical (unpaired) electrons. The Balaban J connectivity index is 1.54. The van der Waals surface area contributed by atoms with E-state index in [1.807, 2.05) is 12.2 Å². The van der Waals surface area contributed by atoms with Gasteiger partial charge in [0.2, 0.25) is 11.8 Å². The number of benzene rings is 2. The van der Waals surface area contributed by atoms with Crippen LogP contribution >= 0.6 is 0 Å². The van der Waals surface area contributed by atoms with Crippen LogP contribution in [0.4, 0.5) is 22.7 Å². The first-order valence-corrected chi connectivity index (χ1v) is 10.2. The maximum absolute atomic E-state index is 13.2. The van der Waals surface area contributed by atoms with Gasteiger partial charge >= 0.3 is 0 Å². The van der Waals surface area contributed by atoms with Crippen LogP contribution in [-0.4, -0.2) is 22.2 Å². The fourth-order valence-electron chi connectivity index (χ4n) is 4.57. The van der Waals surface area contributed by atoms with Gasteiger partial charge in [-0.1, -0.05) is 24.3 Å². The number of rotatable bonds is 6. The molecule has 0 aromatic heterocycles. The van der Waals surface area contributed by atoms with Crippen LogP contribution in [0.1, 0.15) is 12.8 Å². The lowest BCUT2D eigenvalue weighted by Gasteiger charge is -2.43. The lowest BCUT2D eigenvalue weighted by Crippen LogP contribution is -2.48. The molecule has 2 amide bonds. The number of fused-ring (bicyclic) bond motifs is 2. The van der Waals surface area contributed by atoms with Gasteiger partial charge in [-0.3, -0.25) is 20.0 Å². The molecule has 2 aromatic rings.